The summed E-state index contributed by atoms with van der Waals surface area (Å²) in [7, 11) is 0. The normalized spacial score (nSPS) is 35.6. The first-order chi connectivity index (χ1) is 7.51. The molecule has 0 aliphatic heterocycles. The average Bonchev–Trinajstić information content (AvgIpc) is 2.24. The van der Waals surface area contributed by atoms with Gasteiger partial charge in [-0.15, -0.1) is 0 Å². The number of hydrogen-bond acceptors (Lipinski definition) is 2. The maximum atomic E-state index is 10.6. The van der Waals surface area contributed by atoms with Crippen molar-refractivity contribution in [3.8, 4) is 0 Å². The SMILES string of the molecule is CC1(C)[C@H]2CC[C@@H](CSCCC(=O)Cl)[C@@H]1C2. The first-order valence-corrected chi connectivity index (χ1v) is 7.81. The lowest BCUT2D eigenvalue weighted by Gasteiger charge is -2.60. The van der Waals surface area contributed by atoms with E-state index >= 15 is 0 Å². The molecule has 3 heteroatoms. The minimum Gasteiger partial charge on any atom is -0.281 e. The summed E-state index contributed by atoms with van der Waals surface area (Å²) in [5.41, 5.74) is 0.589. The third-order valence-electron chi connectivity index (χ3n) is 4.78. The van der Waals surface area contributed by atoms with E-state index in [-0.39, 0.29) is 5.24 Å². The largest absolute Gasteiger partial charge is 0.281 e. The topological polar surface area (TPSA) is 17.1 Å². The van der Waals surface area contributed by atoms with Gasteiger partial charge in [-0.1, -0.05) is 13.8 Å². The number of hydrogen-bond donors (Lipinski definition) is 0. The van der Waals surface area contributed by atoms with Gasteiger partial charge < -0.3 is 0 Å². The lowest BCUT2D eigenvalue weighted by atomic mass is 9.46. The molecule has 3 rings (SSSR count). The number of carbonyl (C=O) groups excluding carboxylic acids is 1. The molecule has 16 heavy (non-hydrogen) atoms. The van der Waals surface area contributed by atoms with Crippen LogP contribution in [0.5, 0.6) is 0 Å². The Morgan fingerprint density at radius 1 is 1.44 bits per heavy atom. The minimum atomic E-state index is -0.194. The Hall–Kier alpha value is 0.310. The van der Waals surface area contributed by atoms with Crippen LogP contribution in [0.1, 0.15) is 39.5 Å². The Bertz CT molecular complexity index is 275. The zero-order valence-electron chi connectivity index (χ0n) is 10.2. The molecule has 3 fully saturated rings. The molecule has 0 aromatic heterocycles. The molecule has 0 amide bonds. The van der Waals surface area contributed by atoms with Gasteiger partial charge in [0.15, 0.2) is 0 Å². The zero-order chi connectivity index (χ0) is 11.8. The van der Waals surface area contributed by atoms with E-state index in [0.29, 0.717) is 11.8 Å². The van der Waals surface area contributed by atoms with Gasteiger partial charge in [-0.25, -0.2) is 0 Å². The molecule has 0 N–H and O–H groups in total. The number of fused-ring (bicyclic) bond motifs is 2. The second-order valence-electron chi connectivity index (χ2n) is 5.88. The Kier molecular flexibility index (Phi) is 3.90. The van der Waals surface area contributed by atoms with E-state index in [0.717, 1.165) is 23.5 Å². The monoisotopic (exact) mass is 260 g/mol. The predicted molar refractivity (Wildman–Crippen MR) is 70.9 cm³/mol. The number of rotatable bonds is 5. The molecule has 3 aliphatic carbocycles. The van der Waals surface area contributed by atoms with Gasteiger partial charge in [-0.05, 0) is 59.8 Å². The third kappa shape index (κ3) is 2.43. The standard InChI is InChI=1S/C13H21ClOS/c1-13(2)10-4-3-9(11(13)7-10)8-16-6-5-12(14)15/h9-11H,3-8H2,1-2H3/t9-,10-,11-/m0/s1. The summed E-state index contributed by atoms with van der Waals surface area (Å²) in [6, 6.07) is 0. The molecule has 3 atom stereocenters. The van der Waals surface area contributed by atoms with E-state index < -0.39 is 0 Å². The first-order valence-electron chi connectivity index (χ1n) is 6.28. The molecule has 0 aromatic rings. The molecular weight excluding hydrogens is 240 g/mol. The second kappa shape index (κ2) is 4.89. The summed E-state index contributed by atoms with van der Waals surface area (Å²) in [5, 5.41) is -0.194. The van der Waals surface area contributed by atoms with Crippen LogP contribution in [-0.2, 0) is 4.79 Å². The van der Waals surface area contributed by atoms with E-state index in [2.05, 4.69) is 13.8 Å². The minimum absolute atomic E-state index is 0.194. The van der Waals surface area contributed by atoms with Gasteiger partial charge in [0.1, 0.15) is 0 Å². The van der Waals surface area contributed by atoms with E-state index in [4.69, 9.17) is 11.6 Å². The van der Waals surface area contributed by atoms with Gasteiger partial charge in [-0.2, -0.15) is 11.8 Å². The molecule has 2 bridgehead atoms. The molecule has 0 heterocycles. The van der Waals surface area contributed by atoms with E-state index in [1.807, 2.05) is 11.8 Å². The molecular formula is C13H21ClOS. The number of halogens is 1. The van der Waals surface area contributed by atoms with Crippen molar-refractivity contribution >= 4 is 28.6 Å². The fraction of sp³-hybridized carbons (Fsp3) is 0.923. The van der Waals surface area contributed by atoms with Gasteiger partial charge in [0.25, 0.3) is 0 Å². The predicted octanol–water partition coefficient (Wildman–Crippen LogP) is 3.95. The molecule has 0 saturated heterocycles. The lowest BCUT2D eigenvalue weighted by molar-refractivity contribution is -0.111. The maximum absolute atomic E-state index is 10.6. The second-order valence-corrected chi connectivity index (χ2v) is 7.45. The van der Waals surface area contributed by atoms with Crippen LogP contribution in [-0.4, -0.2) is 16.7 Å². The van der Waals surface area contributed by atoms with Gasteiger partial charge in [0.05, 0.1) is 0 Å². The Balaban J connectivity index is 1.72. The summed E-state index contributed by atoms with van der Waals surface area (Å²) in [5.74, 6) is 4.93. The van der Waals surface area contributed by atoms with E-state index in [1.54, 1.807) is 0 Å². The molecule has 1 nitrogen and oxygen atoms in total. The molecule has 0 unspecified atom stereocenters. The Labute approximate surface area is 108 Å². The fourth-order valence-corrected chi connectivity index (χ4v) is 4.95. The van der Waals surface area contributed by atoms with Crippen LogP contribution in [0.3, 0.4) is 0 Å². The van der Waals surface area contributed by atoms with Gasteiger partial charge in [0, 0.05) is 12.2 Å². The van der Waals surface area contributed by atoms with Crippen molar-refractivity contribution in [3.05, 3.63) is 0 Å². The van der Waals surface area contributed by atoms with E-state index in [1.165, 1.54) is 25.0 Å². The maximum Gasteiger partial charge on any atom is 0.222 e. The highest BCUT2D eigenvalue weighted by Gasteiger charge is 2.53. The van der Waals surface area contributed by atoms with Gasteiger partial charge in [0.2, 0.25) is 5.24 Å². The summed E-state index contributed by atoms with van der Waals surface area (Å²) < 4.78 is 0. The Morgan fingerprint density at radius 3 is 2.75 bits per heavy atom. The Morgan fingerprint density at radius 2 is 2.19 bits per heavy atom. The van der Waals surface area contributed by atoms with Crippen LogP contribution in [0.25, 0.3) is 0 Å². The van der Waals surface area contributed by atoms with Crippen molar-refractivity contribution in [2.75, 3.05) is 11.5 Å². The smallest absolute Gasteiger partial charge is 0.222 e. The first kappa shape index (κ1) is 12.8. The third-order valence-corrected chi connectivity index (χ3v) is 6.12. The summed E-state index contributed by atoms with van der Waals surface area (Å²) in [6.07, 6.45) is 4.80. The molecule has 3 aliphatic rings. The highest BCUT2D eigenvalue weighted by molar-refractivity contribution is 7.99. The molecule has 0 radical (unpaired) electrons. The summed E-state index contributed by atoms with van der Waals surface area (Å²) in [6.45, 7) is 4.87. The van der Waals surface area contributed by atoms with Crippen molar-refractivity contribution in [2.45, 2.75) is 39.5 Å². The van der Waals surface area contributed by atoms with Crippen LogP contribution in [0.2, 0.25) is 0 Å². The van der Waals surface area contributed by atoms with Crippen molar-refractivity contribution in [1.82, 2.24) is 0 Å². The highest BCUT2D eigenvalue weighted by Crippen LogP contribution is 2.61. The van der Waals surface area contributed by atoms with Crippen molar-refractivity contribution in [1.29, 1.82) is 0 Å². The van der Waals surface area contributed by atoms with E-state index in [9.17, 15) is 4.79 Å². The highest BCUT2D eigenvalue weighted by atomic mass is 35.5. The van der Waals surface area contributed by atoms with Crippen LogP contribution < -0.4 is 0 Å². The van der Waals surface area contributed by atoms with Crippen molar-refractivity contribution < 1.29 is 4.79 Å². The van der Waals surface area contributed by atoms with Gasteiger partial charge >= 0.3 is 0 Å². The number of carbonyl (C=O) groups is 1. The summed E-state index contributed by atoms with van der Waals surface area (Å²) in [4.78, 5) is 10.6. The molecule has 92 valence electrons. The summed E-state index contributed by atoms with van der Waals surface area (Å²) >= 11 is 7.24. The quantitative estimate of drug-likeness (QED) is 0.550. The van der Waals surface area contributed by atoms with Gasteiger partial charge in [-0.3, -0.25) is 4.79 Å². The van der Waals surface area contributed by atoms with Crippen LogP contribution in [0.15, 0.2) is 0 Å². The number of thioether (sulfide) groups is 1. The van der Waals surface area contributed by atoms with Crippen LogP contribution >= 0.6 is 23.4 Å². The van der Waals surface area contributed by atoms with Crippen LogP contribution in [0.4, 0.5) is 0 Å². The van der Waals surface area contributed by atoms with Crippen molar-refractivity contribution in [2.24, 2.45) is 23.2 Å². The average molecular weight is 261 g/mol. The van der Waals surface area contributed by atoms with Crippen molar-refractivity contribution in [3.63, 3.8) is 0 Å². The lowest BCUT2D eigenvalue weighted by Crippen LogP contribution is -2.52. The zero-order valence-corrected chi connectivity index (χ0v) is 11.7. The molecule has 3 saturated carbocycles. The fourth-order valence-electron chi connectivity index (χ4n) is 3.55. The molecule has 0 aromatic carbocycles. The van der Waals surface area contributed by atoms with Crippen LogP contribution in [0, 0.1) is 23.2 Å². The molecule has 0 spiro atoms.